The zero-order chi connectivity index (χ0) is 18.5. The van der Waals surface area contributed by atoms with Gasteiger partial charge in [0.2, 0.25) is 5.91 Å². The van der Waals surface area contributed by atoms with Gasteiger partial charge in [-0.05, 0) is 37.3 Å². The van der Waals surface area contributed by atoms with E-state index < -0.39 is 0 Å². The molecule has 2 N–H and O–H groups in total. The summed E-state index contributed by atoms with van der Waals surface area (Å²) in [6.45, 7) is 1.53. The second-order valence-electron chi connectivity index (χ2n) is 5.54. The number of ketones is 1. The number of Topliss-reactive ketones (excluding diaryl/α,β-unsaturated/α-hetero) is 1. The molecule has 8 heteroatoms. The lowest BCUT2D eigenvalue weighted by Crippen LogP contribution is -2.22. The number of rotatable bonds is 6. The smallest absolute Gasteiger partial charge is 0.243 e. The first-order valence-corrected chi connectivity index (χ1v) is 8.20. The third-order valence-corrected chi connectivity index (χ3v) is 3.86. The van der Waals surface area contributed by atoms with Gasteiger partial charge in [0.15, 0.2) is 5.78 Å². The second-order valence-corrected chi connectivity index (χ2v) is 5.98. The van der Waals surface area contributed by atoms with Crippen molar-refractivity contribution >= 4 is 34.7 Å². The fraction of sp³-hybridized carbons (Fsp3) is 0.111. The molecule has 0 saturated heterocycles. The number of nitrogens with zero attached hydrogens (tertiary/aromatic N) is 3. The van der Waals surface area contributed by atoms with Crippen molar-refractivity contribution in [1.82, 2.24) is 14.8 Å². The van der Waals surface area contributed by atoms with Crippen molar-refractivity contribution in [1.29, 1.82) is 0 Å². The topological polar surface area (TPSA) is 88.9 Å². The summed E-state index contributed by atoms with van der Waals surface area (Å²) in [5, 5.41) is 10.4. The van der Waals surface area contributed by atoms with Gasteiger partial charge < -0.3 is 10.6 Å². The monoisotopic (exact) mass is 369 g/mol. The standard InChI is InChI=1S/C18H16ClN5O2/c1-12(25)13-3-2-4-15(7-13)21-9-18(26)23-16-8-14(19)5-6-17(16)24-11-20-10-22-24/h2-8,10-11,21H,9H2,1H3,(H,23,26). The number of amides is 1. The van der Waals surface area contributed by atoms with Crippen LogP contribution in [0.15, 0.2) is 55.1 Å². The summed E-state index contributed by atoms with van der Waals surface area (Å²) in [4.78, 5) is 27.6. The third-order valence-electron chi connectivity index (χ3n) is 3.62. The van der Waals surface area contributed by atoms with Gasteiger partial charge in [-0.1, -0.05) is 23.7 Å². The van der Waals surface area contributed by atoms with E-state index in [1.807, 2.05) is 0 Å². The molecule has 2 aromatic carbocycles. The van der Waals surface area contributed by atoms with Crippen LogP contribution < -0.4 is 10.6 Å². The maximum atomic E-state index is 12.3. The molecule has 1 aromatic heterocycles. The van der Waals surface area contributed by atoms with Gasteiger partial charge in [-0.25, -0.2) is 9.67 Å². The Morgan fingerprint density at radius 2 is 2.04 bits per heavy atom. The van der Waals surface area contributed by atoms with Crippen LogP contribution in [0.4, 0.5) is 11.4 Å². The van der Waals surface area contributed by atoms with Crippen LogP contribution in [-0.2, 0) is 4.79 Å². The van der Waals surface area contributed by atoms with Gasteiger partial charge in [0.1, 0.15) is 12.7 Å². The molecule has 0 fully saturated rings. The SMILES string of the molecule is CC(=O)c1cccc(NCC(=O)Nc2cc(Cl)ccc2-n2cncn2)c1. The van der Waals surface area contributed by atoms with Gasteiger partial charge in [-0.2, -0.15) is 5.10 Å². The Labute approximate surface area is 155 Å². The van der Waals surface area contributed by atoms with Crippen LogP contribution in [0.5, 0.6) is 0 Å². The number of carbonyl (C=O) groups is 2. The molecule has 3 aromatic rings. The number of halogens is 1. The van der Waals surface area contributed by atoms with E-state index in [2.05, 4.69) is 20.7 Å². The van der Waals surface area contributed by atoms with Crippen LogP contribution >= 0.6 is 11.6 Å². The van der Waals surface area contributed by atoms with Crippen molar-refractivity contribution in [3.8, 4) is 5.69 Å². The molecule has 3 rings (SSSR count). The van der Waals surface area contributed by atoms with Crippen LogP contribution in [0.1, 0.15) is 17.3 Å². The number of carbonyl (C=O) groups excluding carboxylic acids is 2. The van der Waals surface area contributed by atoms with Gasteiger partial charge in [-0.3, -0.25) is 9.59 Å². The van der Waals surface area contributed by atoms with Crippen molar-refractivity contribution in [2.75, 3.05) is 17.2 Å². The largest absolute Gasteiger partial charge is 0.376 e. The van der Waals surface area contributed by atoms with Crippen LogP contribution in [0.3, 0.4) is 0 Å². The molecule has 0 bridgehead atoms. The van der Waals surface area contributed by atoms with Crippen molar-refractivity contribution in [2.45, 2.75) is 6.92 Å². The number of hydrogen-bond donors (Lipinski definition) is 2. The van der Waals surface area contributed by atoms with Crippen molar-refractivity contribution < 1.29 is 9.59 Å². The first-order valence-electron chi connectivity index (χ1n) is 7.82. The van der Waals surface area contributed by atoms with Crippen molar-refractivity contribution in [2.24, 2.45) is 0 Å². The average Bonchev–Trinajstić information content (AvgIpc) is 3.15. The van der Waals surface area contributed by atoms with E-state index >= 15 is 0 Å². The highest BCUT2D eigenvalue weighted by molar-refractivity contribution is 6.31. The molecule has 7 nitrogen and oxygen atoms in total. The van der Waals surface area contributed by atoms with Crippen molar-refractivity contribution in [3.63, 3.8) is 0 Å². The Kier molecular flexibility index (Phi) is 5.28. The highest BCUT2D eigenvalue weighted by Gasteiger charge is 2.10. The Morgan fingerprint density at radius 3 is 2.77 bits per heavy atom. The second kappa shape index (κ2) is 7.79. The van der Waals surface area contributed by atoms with Gasteiger partial charge >= 0.3 is 0 Å². The summed E-state index contributed by atoms with van der Waals surface area (Å²) in [5.41, 5.74) is 2.44. The highest BCUT2D eigenvalue weighted by Crippen LogP contribution is 2.24. The molecule has 0 radical (unpaired) electrons. The van der Waals surface area contributed by atoms with E-state index in [4.69, 9.17) is 11.6 Å². The van der Waals surface area contributed by atoms with Gasteiger partial charge in [0, 0.05) is 16.3 Å². The minimum atomic E-state index is -0.262. The lowest BCUT2D eigenvalue weighted by molar-refractivity contribution is -0.114. The minimum absolute atomic E-state index is 0.0324. The molecule has 132 valence electrons. The molecule has 1 amide bonds. The number of hydrogen-bond acceptors (Lipinski definition) is 5. The van der Waals surface area contributed by atoms with Gasteiger partial charge in [0.05, 0.1) is 17.9 Å². The Morgan fingerprint density at radius 1 is 1.19 bits per heavy atom. The molecular formula is C18H16ClN5O2. The number of anilines is 2. The summed E-state index contributed by atoms with van der Waals surface area (Å²) in [5.74, 6) is -0.295. The predicted octanol–water partition coefficient (Wildman–Crippen LogP) is 3.17. The molecule has 1 heterocycles. The van der Waals surface area contributed by atoms with Crippen LogP contribution in [0.2, 0.25) is 5.02 Å². The molecule has 0 spiro atoms. The van der Waals surface area contributed by atoms with E-state index in [0.29, 0.717) is 27.6 Å². The minimum Gasteiger partial charge on any atom is -0.376 e. The number of nitrogens with one attached hydrogen (secondary N) is 2. The van der Waals surface area contributed by atoms with Crippen LogP contribution in [0, 0.1) is 0 Å². The van der Waals surface area contributed by atoms with E-state index in [1.54, 1.807) is 42.5 Å². The predicted molar refractivity (Wildman–Crippen MR) is 99.9 cm³/mol. The zero-order valence-corrected chi connectivity index (χ0v) is 14.7. The fourth-order valence-corrected chi connectivity index (χ4v) is 2.54. The highest BCUT2D eigenvalue weighted by atomic mass is 35.5. The normalized spacial score (nSPS) is 10.4. The van der Waals surface area contributed by atoms with Gasteiger partial charge in [-0.15, -0.1) is 0 Å². The van der Waals surface area contributed by atoms with E-state index in [0.717, 1.165) is 0 Å². The fourth-order valence-electron chi connectivity index (χ4n) is 2.37. The summed E-state index contributed by atoms with van der Waals surface area (Å²) in [7, 11) is 0. The molecule has 0 aliphatic rings. The maximum Gasteiger partial charge on any atom is 0.243 e. The van der Waals surface area contributed by atoms with E-state index in [9.17, 15) is 9.59 Å². The first-order chi connectivity index (χ1) is 12.5. The first kappa shape index (κ1) is 17.6. The van der Waals surface area contributed by atoms with E-state index in [-0.39, 0.29) is 18.2 Å². The zero-order valence-electron chi connectivity index (χ0n) is 13.9. The molecule has 0 atom stereocenters. The maximum absolute atomic E-state index is 12.3. The summed E-state index contributed by atoms with van der Waals surface area (Å²) in [6, 6.07) is 12.1. The Balaban J connectivity index is 1.70. The number of aromatic nitrogens is 3. The lowest BCUT2D eigenvalue weighted by atomic mass is 10.1. The summed E-state index contributed by atoms with van der Waals surface area (Å²) in [6.07, 6.45) is 2.94. The van der Waals surface area contributed by atoms with Crippen molar-refractivity contribution in [3.05, 3.63) is 65.7 Å². The quantitative estimate of drug-likeness (QED) is 0.651. The molecule has 0 unspecified atom stereocenters. The molecule has 0 aliphatic carbocycles. The Bertz CT molecular complexity index is 941. The third kappa shape index (κ3) is 4.25. The van der Waals surface area contributed by atoms with E-state index in [1.165, 1.54) is 24.3 Å². The molecule has 0 aliphatic heterocycles. The summed E-state index contributed by atoms with van der Waals surface area (Å²) >= 11 is 6.04. The molecular weight excluding hydrogens is 354 g/mol. The molecule has 26 heavy (non-hydrogen) atoms. The van der Waals surface area contributed by atoms with Crippen LogP contribution in [-0.4, -0.2) is 33.0 Å². The van der Waals surface area contributed by atoms with Crippen LogP contribution in [0.25, 0.3) is 5.69 Å². The Hall–Kier alpha value is -3.19. The lowest BCUT2D eigenvalue weighted by Gasteiger charge is -2.12. The molecule has 0 saturated carbocycles. The number of benzene rings is 2. The average molecular weight is 370 g/mol. The summed E-state index contributed by atoms with van der Waals surface area (Å²) < 4.78 is 1.54. The van der Waals surface area contributed by atoms with Gasteiger partial charge in [0.25, 0.3) is 0 Å².